The summed E-state index contributed by atoms with van der Waals surface area (Å²) in [6, 6.07) is 14.7. The van der Waals surface area contributed by atoms with Crippen LogP contribution in [0.15, 0.2) is 48.5 Å². The van der Waals surface area contributed by atoms with Crippen molar-refractivity contribution in [3.63, 3.8) is 0 Å². The van der Waals surface area contributed by atoms with Gasteiger partial charge in [-0.1, -0.05) is 35.9 Å². The Morgan fingerprint density at radius 3 is 2.31 bits per heavy atom. The summed E-state index contributed by atoms with van der Waals surface area (Å²) in [5.41, 5.74) is 3.80. The summed E-state index contributed by atoms with van der Waals surface area (Å²) in [6.07, 6.45) is 2.84. The molecular formula is C23H29ClN2O3. The second kappa shape index (κ2) is 10.3. The van der Waals surface area contributed by atoms with Gasteiger partial charge in [0.25, 0.3) is 5.91 Å². The maximum Gasteiger partial charge on any atom is 0.276 e. The van der Waals surface area contributed by atoms with Gasteiger partial charge in [0.15, 0.2) is 0 Å². The van der Waals surface area contributed by atoms with E-state index in [1.165, 1.54) is 17.7 Å². The van der Waals surface area contributed by atoms with E-state index in [-0.39, 0.29) is 11.8 Å². The van der Waals surface area contributed by atoms with Crippen molar-refractivity contribution >= 4 is 23.4 Å². The van der Waals surface area contributed by atoms with Crippen LogP contribution in [0, 0.1) is 0 Å². The van der Waals surface area contributed by atoms with Gasteiger partial charge in [-0.15, -0.1) is 0 Å². The van der Waals surface area contributed by atoms with Gasteiger partial charge in [-0.2, -0.15) is 0 Å². The fourth-order valence-corrected chi connectivity index (χ4v) is 3.04. The van der Waals surface area contributed by atoms with E-state index < -0.39 is 5.54 Å². The van der Waals surface area contributed by atoms with Crippen LogP contribution >= 0.6 is 11.6 Å². The zero-order valence-electron chi connectivity index (χ0n) is 17.5. The average molecular weight is 417 g/mol. The number of nitrogens with zero attached hydrogens (tertiary/aromatic N) is 1. The molecule has 0 atom stereocenters. The highest BCUT2D eigenvalue weighted by Gasteiger charge is 2.30. The Hall–Kier alpha value is -2.53. The highest BCUT2D eigenvalue weighted by atomic mass is 35.5. The monoisotopic (exact) mass is 416 g/mol. The molecule has 2 aromatic rings. The Labute approximate surface area is 178 Å². The quantitative estimate of drug-likeness (QED) is 0.508. The summed E-state index contributed by atoms with van der Waals surface area (Å²) < 4.78 is 5.29. The predicted octanol–water partition coefficient (Wildman–Crippen LogP) is 5.03. The standard InChI is InChI=1S/C23H29ClN2O3/c1-23(2,3)26(22(28)19-10-6-7-11-20(19)29-4)25-21(27)12-8-5-9-17-13-15-18(24)16-14-17/h6-7,10-11,13-16H,5,8-9,12H2,1-4H3,(H,25,27). The van der Waals surface area contributed by atoms with Crippen LogP contribution in [0.1, 0.15) is 56.0 Å². The van der Waals surface area contributed by atoms with Crippen LogP contribution in [0.3, 0.4) is 0 Å². The van der Waals surface area contributed by atoms with Crippen LogP contribution in [0.25, 0.3) is 0 Å². The van der Waals surface area contributed by atoms with Gasteiger partial charge in [-0.25, -0.2) is 5.01 Å². The number of aryl methyl sites for hydroxylation is 1. The molecule has 0 unspecified atom stereocenters. The van der Waals surface area contributed by atoms with Crippen molar-refractivity contribution in [3.8, 4) is 5.75 Å². The summed E-state index contributed by atoms with van der Waals surface area (Å²) in [7, 11) is 1.52. The van der Waals surface area contributed by atoms with Crippen molar-refractivity contribution in [2.75, 3.05) is 7.11 Å². The molecule has 0 radical (unpaired) electrons. The number of amides is 2. The molecule has 0 aliphatic rings. The van der Waals surface area contributed by atoms with Gasteiger partial charge in [0.1, 0.15) is 5.75 Å². The summed E-state index contributed by atoms with van der Waals surface area (Å²) in [5.74, 6) is -0.00675. The summed E-state index contributed by atoms with van der Waals surface area (Å²) >= 11 is 5.90. The van der Waals surface area contributed by atoms with Crippen LogP contribution in [-0.2, 0) is 11.2 Å². The minimum absolute atomic E-state index is 0.181. The van der Waals surface area contributed by atoms with Crippen LogP contribution < -0.4 is 10.2 Å². The second-order valence-electron chi connectivity index (χ2n) is 7.88. The van der Waals surface area contributed by atoms with Gasteiger partial charge in [-0.05, 0) is 69.9 Å². The van der Waals surface area contributed by atoms with Crippen LogP contribution in [0.5, 0.6) is 5.75 Å². The predicted molar refractivity (Wildman–Crippen MR) is 116 cm³/mol. The molecule has 0 bridgehead atoms. The van der Waals surface area contributed by atoms with E-state index in [2.05, 4.69) is 5.43 Å². The molecule has 0 aliphatic heterocycles. The molecule has 29 heavy (non-hydrogen) atoms. The molecule has 6 heteroatoms. The molecule has 5 nitrogen and oxygen atoms in total. The highest BCUT2D eigenvalue weighted by molar-refractivity contribution is 6.30. The van der Waals surface area contributed by atoms with Crippen LogP contribution in [0.4, 0.5) is 0 Å². The highest BCUT2D eigenvalue weighted by Crippen LogP contribution is 2.22. The van der Waals surface area contributed by atoms with Gasteiger partial charge in [0.2, 0.25) is 5.91 Å². The Morgan fingerprint density at radius 1 is 1.03 bits per heavy atom. The number of nitrogens with one attached hydrogen (secondary N) is 1. The molecule has 156 valence electrons. The van der Waals surface area contributed by atoms with Gasteiger partial charge in [-0.3, -0.25) is 15.0 Å². The lowest BCUT2D eigenvalue weighted by molar-refractivity contribution is -0.127. The minimum Gasteiger partial charge on any atom is -0.496 e. The SMILES string of the molecule is COc1ccccc1C(=O)N(NC(=O)CCCCc1ccc(Cl)cc1)C(C)(C)C. The summed E-state index contributed by atoms with van der Waals surface area (Å²) in [5, 5.41) is 2.10. The molecule has 0 aliphatic carbocycles. The van der Waals surface area contributed by atoms with E-state index in [1.54, 1.807) is 24.3 Å². The normalized spacial score (nSPS) is 11.1. The second-order valence-corrected chi connectivity index (χ2v) is 8.32. The van der Waals surface area contributed by atoms with Crippen molar-refractivity contribution in [1.82, 2.24) is 10.4 Å². The van der Waals surface area contributed by atoms with Gasteiger partial charge in [0, 0.05) is 11.4 Å². The molecule has 0 fully saturated rings. The van der Waals surface area contributed by atoms with E-state index in [1.807, 2.05) is 45.0 Å². The lowest BCUT2D eigenvalue weighted by Crippen LogP contribution is -2.55. The van der Waals surface area contributed by atoms with Gasteiger partial charge in [0.05, 0.1) is 18.2 Å². The first-order chi connectivity index (χ1) is 13.7. The number of hydrazine groups is 1. The Morgan fingerprint density at radius 2 is 1.69 bits per heavy atom. The average Bonchev–Trinajstić information content (AvgIpc) is 2.69. The lowest BCUT2D eigenvalue weighted by Gasteiger charge is -2.35. The molecule has 1 N–H and O–H groups in total. The molecular weight excluding hydrogens is 388 g/mol. The first kappa shape index (κ1) is 22.8. The number of para-hydroxylation sites is 1. The zero-order valence-corrected chi connectivity index (χ0v) is 18.3. The largest absolute Gasteiger partial charge is 0.496 e. The Balaban J connectivity index is 1.94. The third kappa shape index (κ3) is 6.79. The third-order valence-corrected chi connectivity index (χ3v) is 4.73. The van der Waals surface area contributed by atoms with E-state index in [0.29, 0.717) is 17.7 Å². The van der Waals surface area contributed by atoms with Gasteiger partial charge >= 0.3 is 0 Å². The van der Waals surface area contributed by atoms with Gasteiger partial charge < -0.3 is 4.74 Å². The molecule has 2 rings (SSSR count). The van der Waals surface area contributed by atoms with E-state index in [0.717, 1.165) is 24.3 Å². The molecule has 0 saturated carbocycles. The number of hydrogen-bond donors (Lipinski definition) is 1. The number of methoxy groups -OCH3 is 1. The van der Waals surface area contributed by atoms with Crippen molar-refractivity contribution in [1.29, 1.82) is 0 Å². The van der Waals surface area contributed by atoms with Crippen molar-refractivity contribution in [3.05, 3.63) is 64.7 Å². The van der Waals surface area contributed by atoms with Crippen molar-refractivity contribution < 1.29 is 14.3 Å². The fraction of sp³-hybridized carbons (Fsp3) is 0.391. The molecule has 0 spiro atoms. The number of carbonyl (C=O) groups excluding carboxylic acids is 2. The molecule has 0 saturated heterocycles. The summed E-state index contributed by atoms with van der Waals surface area (Å²) in [6.45, 7) is 5.63. The Bertz CT molecular complexity index is 829. The van der Waals surface area contributed by atoms with E-state index >= 15 is 0 Å². The number of ether oxygens (including phenoxy) is 1. The number of benzene rings is 2. The fourth-order valence-electron chi connectivity index (χ4n) is 2.91. The number of unbranched alkanes of at least 4 members (excludes halogenated alkanes) is 1. The first-order valence-corrected chi connectivity index (χ1v) is 10.1. The molecule has 0 aromatic heterocycles. The number of halogens is 1. The van der Waals surface area contributed by atoms with Crippen molar-refractivity contribution in [2.45, 2.75) is 52.0 Å². The first-order valence-electron chi connectivity index (χ1n) is 9.74. The minimum atomic E-state index is -0.586. The van der Waals surface area contributed by atoms with E-state index in [4.69, 9.17) is 16.3 Å². The van der Waals surface area contributed by atoms with Crippen LogP contribution in [-0.4, -0.2) is 29.5 Å². The topological polar surface area (TPSA) is 58.6 Å². The smallest absolute Gasteiger partial charge is 0.276 e. The lowest BCUT2D eigenvalue weighted by atomic mass is 10.1. The van der Waals surface area contributed by atoms with Crippen molar-refractivity contribution in [2.24, 2.45) is 0 Å². The van der Waals surface area contributed by atoms with E-state index in [9.17, 15) is 9.59 Å². The number of carbonyl (C=O) groups is 2. The number of hydrogen-bond acceptors (Lipinski definition) is 3. The Kier molecular flexibility index (Phi) is 8.09. The third-order valence-electron chi connectivity index (χ3n) is 4.48. The molecule has 2 amide bonds. The number of rotatable bonds is 7. The molecule has 0 heterocycles. The summed E-state index contributed by atoms with van der Waals surface area (Å²) in [4.78, 5) is 25.6. The maximum atomic E-state index is 13.1. The zero-order chi connectivity index (χ0) is 21.4. The molecule has 2 aromatic carbocycles. The maximum absolute atomic E-state index is 13.1. The van der Waals surface area contributed by atoms with Crippen LogP contribution in [0.2, 0.25) is 5.02 Å².